The van der Waals surface area contributed by atoms with Crippen LogP contribution in [0.25, 0.3) is 0 Å². The first kappa shape index (κ1) is 21.7. The van der Waals surface area contributed by atoms with Gasteiger partial charge in [-0.2, -0.15) is 0 Å². The van der Waals surface area contributed by atoms with E-state index < -0.39 is 0 Å². The fraction of sp³-hybridized carbons (Fsp3) is 0.882. The van der Waals surface area contributed by atoms with E-state index >= 15 is 0 Å². The molecule has 0 bridgehead atoms. The molecule has 0 aromatic carbocycles. The minimum atomic E-state index is -0.00374. The van der Waals surface area contributed by atoms with Crippen LogP contribution in [-0.2, 0) is 9.53 Å². The third-order valence-electron chi connectivity index (χ3n) is 3.54. The predicted molar refractivity (Wildman–Crippen MR) is 96.8 cm³/mol. The van der Waals surface area contributed by atoms with Gasteiger partial charge >= 0.3 is 0 Å². The highest BCUT2D eigenvalue weighted by atomic mass is 16.5. The number of unbranched alkanes of at least 4 members (excludes halogenated alkanes) is 1. The summed E-state index contributed by atoms with van der Waals surface area (Å²) in [6.45, 7) is 11.0. The Morgan fingerprint density at radius 2 is 1.83 bits per heavy atom. The van der Waals surface area contributed by atoms with Crippen LogP contribution < -0.4 is 10.6 Å². The van der Waals surface area contributed by atoms with E-state index in [1.54, 1.807) is 19.0 Å². The minimum Gasteiger partial charge on any atom is -0.378 e. The molecule has 1 atom stereocenters. The topological polar surface area (TPSA) is 66.0 Å². The molecule has 0 aliphatic heterocycles. The lowest BCUT2D eigenvalue weighted by atomic mass is 10.0. The Morgan fingerprint density at radius 1 is 1.17 bits per heavy atom. The van der Waals surface area contributed by atoms with Gasteiger partial charge in [0.25, 0.3) is 0 Å². The predicted octanol–water partition coefficient (Wildman–Crippen LogP) is 1.86. The highest BCUT2D eigenvalue weighted by Gasteiger charge is 2.13. The monoisotopic (exact) mass is 328 g/mol. The molecule has 0 radical (unpaired) electrons. The molecule has 2 N–H and O–H groups in total. The molecule has 0 fully saturated rings. The summed E-state index contributed by atoms with van der Waals surface area (Å²) >= 11 is 0. The Morgan fingerprint density at radius 3 is 2.35 bits per heavy atom. The van der Waals surface area contributed by atoms with Crippen molar-refractivity contribution in [2.45, 2.75) is 53.1 Å². The van der Waals surface area contributed by atoms with Crippen LogP contribution in [0.15, 0.2) is 4.99 Å². The first-order valence-corrected chi connectivity index (χ1v) is 8.76. The number of hydrogen-bond donors (Lipinski definition) is 2. The zero-order valence-corrected chi connectivity index (χ0v) is 15.8. The molecular formula is C17H36N4O2. The second kappa shape index (κ2) is 13.2. The summed E-state index contributed by atoms with van der Waals surface area (Å²) in [7, 11) is 3.48. The van der Waals surface area contributed by atoms with Gasteiger partial charge in [-0.25, -0.2) is 4.99 Å². The van der Waals surface area contributed by atoms with Gasteiger partial charge in [0.1, 0.15) is 6.54 Å². The summed E-state index contributed by atoms with van der Waals surface area (Å²) in [6.07, 6.45) is 3.36. The van der Waals surface area contributed by atoms with Gasteiger partial charge < -0.3 is 20.3 Å². The minimum absolute atomic E-state index is 0.00374. The van der Waals surface area contributed by atoms with Gasteiger partial charge in [-0.1, -0.05) is 27.2 Å². The number of hydrogen-bond acceptors (Lipinski definition) is 3. The summed E-state index contributed by atoms with van der Waals surface area (Å²) in [5.41, 5.74) is 0. The van der Waals surface area contributed by atoms with Gasteiger partial charge in [-0.05, 0) is 25.7 Å². The van der Waals surface area contributed by atoms with Gasteiger partial charge in [0.05, 0.1) is 6.10 Å². The SMILES string of the molecule is CCCCNC(=NCC(=O)N(C)C)NCCC(OCC)C(C)C. The van der Waals surface area contributed by atoms with Crippen LogP contribution in [0.3, 0.4) is 0 Å². The molecular weight excluding hydrogens is 292 g/mol. The van der Waals surface area contributed by atoms with Crippen molar-refractivity contribution in [2.24, 2.45) is 10.9 Å². The van der Waals surface area contributed by atoms with E-state index in [0.717, 1.165) is 39.0 Å². The number of rotatable bonds is 11. The molecule has 0 saturated carbocycles. The largest absolute Gasteiger partial charge is 0.378 e. The fourth-order valence-corrected chi connectivity index (χ4v) is 2.00. The van der Waals surface area contributed by atoms with Crippen molar-refractivity contribution in [2.75, 3.05) is 40.3 Å². The Bertz CT molecular complexity index is 343. The highest BCUT2D eigenvalue weighted by Crippen LogP contribution is 2.09. The normalized spacial score (nSPS) is 13.1. The van der Waals surface area contributed by atoms with E-state index in [1.165, 1.54) is 0 Å². The number of carbonyl (C=O) groups is 1. The van der Waals surface area contributed by atoms with E-state index in [9.17, 15) is 4.79 Å². The maximum atomic E-state index is 11.7. The molecule has 0 aliphatic rings. The first-order chi connectivity index (χ1) is 10.9. The molecule has 0 heterocycles. The summed E-state index contributed by atoms with van der Waals surface area (Å²) in [5.74, 6) is 1.18. The second-order valence-electron chi connectivity index (χ2n) is 6.19. The zero-order chi connectivity index (χ0) is 17.7. The van der Waals surface area contributed by atoms with E-state index in [1.807, 2.05) is 6.92 Å². The van der Waals surface area contributed by atoms with E-state index in [4.69, 9.17) is 4.74 Å². The molecule has 136 valence electrons. The van der Waals surface area contributed by atoms with E-state index in [2.05, 4.69) is 36.4 Å². The molecule has 0 aliphatic carbocycles. The average molecular weight is 329 g/mol. The Balaban J connectivity index is 4.44. The first-order valence-electron chi connectivity index (χ1n) is 8.76. The molecule has 6 nitrogen and oxygen atoms in total. The number of nitrogens with zero attached hydrogens (tertiary/aromatic N) is 2. The number of carbonyl (C=O) groups excluding carboxylic acids is 1. The molecule has 0 aromatic heterocycles. The molecule has 6 heteroatoms. The molecule has 1 unspecified atom stereocenters. The molecule has 0 spiro atoms. The zero-order valence-electron chi connectivity index (χ0n) is 15.8. The summed E-state index contributed by atoms with van der Waals surface area (Å²) in [4.78, 5) is 17.6. The molecule has 1 amide bonds. The quantitative estimate of drug-likeness (QED) is 0.345. The summed E-state index contributed by atoms with van der Waals surface area (Å²) in [5, 5.41) is 6.58. The van der Waals surface area contributed by atoms with E-state index in [-0.39, 0.29) is 18.6 Å². The van der Waals surface area contributed by atoms with Gasteiger partial charge in [0, 0.05) is 33.8 Å². The molecule has 23 heavy (non-hydrogen) atoms. The van der Waals surface area contributed by atoms with Crippen LogP contribution >= 0.6 is 0 Å². The summed E-state index contributed by atoms with van der Waals surface area (Å²) < 4.78 is 5.75. The third-order valence-corrected chi connectivity index (χ3v) is 3.54. The summed E-state index contributed by atoms with van der Waals surface area (Å²) in [6, 6.07) is 0. The van der Waals surface area contributed by atoms with Crippen molar-refractivity contribution in [3.05, 3.63) is 0 Å². The van der Waals surface area contributed by atoms with Crippen molar-refractivity contribution in [3.63, 3.8) is 0 Å². The number of likely N-dealkylation sites (N-methyl/N-ethyl adjacent to an activating group) is 1. The highest BCUT2D eigenvalue weighted by molar-refractivity contribution is 5.84. The Labute approximate surface area is 142 Å². The Hall–Kier alpha value is -1.30. The smallest absolute Gasteiger partial charge is 0.243 e. The number of ether oxygens (including phenoxy) is 1. The van der Waals surface area contributed by atoms with Gasteiger partial charge in [-0.15, -0.1) is 0 Å². The number of nitrogens with one attached hydrogen (secondary N) is 2. The van der Waals surface area contributed by atoms with Crippen molar-refractivity contribution in [3.8, 4) is 0 Å². The molecule has 0 rings (SSSR count). The van der Waals surface area contributed by atoms with Gasteiger partial charge in [0.15, 0.2) is 5.96 Å². The van der Waals surface area contributed by atoms with Crippen LogP contribution in [0.4, 0.5) is 0 Å². The molecule has 0 aromatic rings. The standard InChI is InChI=1S/C17H36N4O2/c1-7-9-11-18-17(20-13-16(22)21(5)6)19-12-10-15(14(3)4)23-8-2/h14-15H,7-13H2,1-6H3,(H2,18,19,20). The lowest BCUT2D eigenvalue weighted by Gasteiger charge is -2.21. The van der Waals surface area contributed by atoms with Crippen molar-refractivity contribution >= 4 is 11.9 Å². The average Bonchev–Trinajstić information content (AvgIpc) is 2.50. The number of aliphatic imine (C=N–C) groups is 1. The van der Waals surface area contributed by atoms with Crippen molar-refractivity contribution < 1.29 is 9.53 Å². The van der Waals surface area contributed by atoms with Gasteiger partial charge in [0.2, 0.25) is 5.91 Å². The van der Waals surface area contributed by atoms with Crippen LogP contribution in [0.1, 0.15) is 47.0 Å². The van der Waals surface area contributed by atoms with Crippen LogP contribution in [0.5, 0.6) is 0 Å². The fourth-order valence-electron chi connectivity index (χ4n) is 2.00. The third kappa shape index (κ3) is 11.0. The maximum Gasteiger partial charge on any atom is 0.243 e. The number of amides is 1. The Kier molecular flexibility index (Phi) is 12.4. The van der Waals surface area contributed by atoms with Crippen LogP contribution in [-0.4, -0.2) is 63.2 Å². The molecule has 0 saturated heterocycles. The lowest BCUT2D eigenvalue weighted by Crippen LogP contribution is -2.40. The van der Waals surface area contributed by atoms with Gasteiger partial charge in [-0.3, -0.25) is 4.79 Å². The van der Waals surface area contributed by atoms with Crippen LogP contribution in [0.2, 0.25) is 0 Å². The van der Waals surface area contributed by atoms with E-state index in [0.29, 0.717) is 11.9 Å². The number of guanidine groups is 1. The lowest BCUT2D eigenvalue weighted by molar-refractivity contribution is -0.127. The maximum absolute atomic E-state index is 11.7. The van der Waals surface area contributed by atoms with Crippen molar-refractivity contribution in [1.82, 2.24) is 15.5 Å². The van der Waals surface area contributed by atoms with Crippen LogP contribution in [0, 0.1) is 5.92 Å². The van der Waals surface area contributed by atoms with Crippen molar-refractivity contribution in [1.29, 1.82) is 0 Å². The second-order valence-corrected chi connectivity index (χ2v) is 6.19.